The van der Waals surface area contributed by atoms with Crippen LogP contribution in [0.4, 0.5) is 0 Å². The van der Waals surface area contributed by atoms with Crippen LogP contribution in [0.5, 0.6) is 5.75 Å². The first-order chi connectivity index (χ1) is 8.34. The second-order valence-electron chi connectivity index (χ2n) is 4.28. The Balaban J connectivity index is 1.94. The summed E-state index contributed by atoms with van der Waals surface area (Å²) in [6, 6.07) is 15.6. The maximum Gasteiger partial charge on any atom is 0.122 e. The van der Waals surface area contributed by atoms with E-state index in [0.29, 0.717) is 0 Å². The zero-order valence-corrected chi connectivity index (χ0v) is 9.47. The molecule has 1 atom stereocenters. The quantitative estimate of drug-likeness (QED) is 0.853. The van der Waals surface area contributed by atoms with Crippen LogP contribution in [0, 0.1) is 0 Å². The van der Waals surface area contributed by atoms with Gasteiger partial charge in [0.25, 0.3) is 0 Å². The van der Waals surface area contributed by atoms with Crippen molar-refractivity contribution in [2.45, 2.75) is 12.5 Å². The lowest BCUT2D eigenvalue weighted by molar-refractivity contribution is 0.220. The lowest BCUT2D eigenvalue weighted by atomic mass is 9.99. The van der Waals surface area contributed by atoms with Crippen molar-refractivity contribution in [1.29, 1.82) is 0 Å². The first-order valence-corrected chi connectivity index (χ1v) is 5.83. The van der Waals surface area contributed by atoms with Gasteiger partial charge in [0.15, 0.2) is 0 Å². The van der Waals surface area contributed by atoms with Crippen molar-refractivity contribution in [3.05, 3.63) is 65.2 Å². The number of hydrogen-bond acceptors (Lipinski definition) is 2. The zero-order chi connectivity index (χ0) is 11.7. The summed E-state index contributed by atoms with van der Waals surface area (Å²) in [5.41, 5.74) is 3.05. The summed E-state index contributed by atoms with van der Waals surface area (Å²) in [5.74, 6) is 0.953. The highest BCUT2D eigenvalue weighted by atomic mass is 16.5. The van der Waals surface area contributed by atoms with E-state index in [1.54, 1.807) is 0 Å². The Morgan fingerprint density at radius 1 is 1.00 bits per heavy atom. The number of fused-ring (bicyclic) bond motifs is 1. The Bertz CT molecular complexity index is 520. The predicted octanol–water partition coefficient (Wildman–Crippen LogP) is 2.70. The molecule has 0 radical (unpaired) electrons. The number of hydrogen-bond donors (Lipinski definition) is 1. The molecule has 17 heavy (non-hydrogen) atoms. The van der Waals surface area contributed by atoms with Crippen molar-refractivity contribution in [1.82, 2.24) is 0 Å². The molecule has 1 unspecified atom stereocenters. The van der Waals surface area contributed by atoms with Gasteiger partial charge in [0.1, 0.15) is 11.9 Å². The second kappa shape index (κ2) is 4.22. The third-order valence-corrected chi connectivity index (χ3v) is 3.14. The van der Waals surface area contributed by atoms with Crippen molar-refractivity contribution in [2.24, 2.45) is 0 Å². The van der Waals surface area contributed by atoms with Gasteiger partial charge < -0.3 is 9.84 Å². The van der Waals surface area contributed by atoms with E-state index in [0.717, 1.165) is 29.9 Å². The van der Waals surface area contributed by atoms with Gasteiger partial charge in [-0.05, 0) is 28.8 Å². The van der Waals surface area contributed by atoms with E-state index in [2.05, 4.69) is 0 Å². The molecule has 0 aliphatic carbocycles. The first kappa shape index (κ1) is 10.4. The van der Waals surface area contributed by atoms with Crippen molar-refractivity contribution < 1.29 is 9.84 Å². The van der Waals surface area contributed by atoms with Crippen molar-refractivity contribution in [2.75, 3.05) is 6.61 Å². The summed E-state index contributed by atoms with van der Waals surface area (Å²) < 4.78 is 5.46. The first-order valence-electron chi connectivity index (χ1n) is 5.83. The Kier molecular flexibility index (Phi) is 2.57. The van der Waals surface area contributed by atoms with E-state index >= 15 is 0 Å². The number of aliphatic hydroxyl groups excluding tert-OH is 1. The highest BCUT2D eigenvalue weighted by Gasteiger charge is 2.16. The molecule has 0 spiro atoms. The fourth-order valence-corrected chi connectivity index (χ4v) is 2.20. The van der Waals surface area contributed by atoms with E-state index < -0.39 is 6.10 Å². The molecular formula is C15H14O2. The van der Waals surface area contributed by atoms with Gasteiger partial charge in [-0.1, -0.05) is 36.4 Å². The van der Waals surface area contributed by atoms with Gasteiger partial charge in [0.2, 0.25) is 0 Å². The van der Waals surface area contributed by atoms with E-state index in [-0.39, 0.29) is 0 Å². The molecule has 1 aliphatic heterocycles. The van der Waals surface area contributed by atoms with Gasteiger partial charge >= 0.3 is 0 Å². The molecule has 2 aromatic carbocycles. The maximum atomic E-state index is 10.3. The molecule has 2 aromatic rings. The molecule has 1 heterocycles. The standard InChI is InChI=1S/C15H14O2/c16-15(11-4-2-1-3-5-11)13-6-7-14-12(10-13)8-9-17-14/h1-7,10,15-16H,8-9H2. The van der Waals surface area contributed by atoms with E-state index in [4.69, 9.17) is 4.74 Å². The smallest absolute Gasteiger partial charge is 0.122 e. The maximum absolute atomic E-state index is 10.3. The predicted molar refractivity (Wildman–Crippen MR) is 66.1 cm³/mol. The summed E-state index contributed by atoms with van der Waals surface area (Å²) in [6.07, 6.45) is 0.382. The van der Waals surface area contributed by atoms with Crippen LogP contribution in [0.1, 0.15) is 22.8 Å². The Hall–Kier alpha value is -1.80. The van der Waals surface area contributed by atoms with Crippen LogP contribution in [0.2, 0.25) is 0 Å². The third kappa shape index (κ3) is 1.92. The van der Waals surface area contributed by atoms with Crippen molar-refractivity contribution >= 4 is 0 Å². The minimum atomic E-state index is -0.554. The lowest BCUT2D eigenvalue weighted by Crippen LogP contribution is -1.99. The van der Waals surface area contributed by atoms with Crippen LogP contribution in [-0.2, 0) is 6.42 Å². The average molecular weight is 226 g/mol. The summed E-state index contributed by atoms with van der Waals surface area (Å²) in [4.78, 5) is 0. The molecule has 3 rings (SSSR count). The molecule has 86 valence electrons. The molecule has 1 N–H and O–H groups in total. The largest absolute Gasteiger partial charge is 0.493 e. The van der Waals surface area contributed by atoms with Crippen LogP contribution in [0.25, 0.3) is 0 Å². The van der Waals surface area contributed by atoms with Gasteiger partial charge in [-0.25, -0.2) is 0 Å². The van der Waals surface area contributed by atoms with Crippen LogP contribution in [-0.4, -0.2) is 11.7 Å². The summed E-state index contributed by atoms with van der Waals surface area (Å²) >= 11 is 0. The normalized spacial score (nSPS) is 15.1. The lowest BCUT2D eigenvalue weighted by Gasteiger charge is -2.12. The molecule has 1 aliphatic rings. The fourth-order valence-electron chi connectivity index (χ4n) is 2.20. The topological polar surface area (TPSA) is 29.5 Å². The molecule has 0 saturated carbocycles. The van der Waals surface area contributed by atoms with Crippen molar-refractivity contribution in [3.8, 4) is 5.75 Å². The molecule has 0 fully saturated rings. The van der Waals surface area contributed by atoms with E-state index in [1.165, 1.54) is 5.56 Å². The fraction of sp³-hybridized carbons (Fsp3) is 0.200. The monoisotopic (exact) mass is 226 g/mol. The summed E-state index contributed by atoms with van der Waals surface area (Å²) in [6.45, 7) is 0.750. The van der Waals surface area contributed by atoms with Gasteiger partial charge in [-0.3, -0.25) is 0 Å². The summed E-state index contributed by atoms with van der Waals surface area (Å²) in [5, 5.41) is 10.3. The minimum Gasteiger partial charge on any atom is -0.493 e. The molecular weight excluding hydrogens is 212 g/mol. The number of aliphatic hydroxyl groups is 1. The third-order valence-electron chi connectivity index (χ3n) is 3.14. The van der Waals surface area contributed by atoms with Gasteiger partial charge in [-0.15, -0.1) is 0 Å². The molecule has 0 amide bonds. The average Bonchev–Trinajstić information content (AvgIpc) is 2.86. The Morgan fingerprint density at radius 2 is 1.82 bits per heavy atom. The highest BCUT2D eigenvalue weighted by molar-refractivity contribution is 5.42. The number of rotatable bonds is 2. The van der Waals surface area contributed by atoms with E-state index in [1.807, 2.05) is 48.5 Å². The minimum absolute atomic E-state index is 0.554. The molecule has 0 saturated heterocycles. The number of benzene rings is 2. The Labute approximate surface area is 100 Å². The zero-order valence-electron chi connectivity index (χ0n) is 9.47. The van der Waals surface area contributed by atoms with Gasteiger partial charge in [-0.2, -0.15) is 0 Å². The molecule has 2 heteroatoms. The van der Waals surface area contributed by atoms with Crippen LogP contribution >= 0.6 is 0 Å². The van der Waals surface area contributed by atoms with Crippen LogP contribution < -0.4 is 4.74 Å². The Morgan fingerprint density at radius 3 is 2.65 bits per heavy atom. The van der Waals surface area contributed by atoms with Gasteiger partial charge in [0.05, 0.1) is 6.61 Å². The van der Waals surface area contributed by atoms with Crippen molar-refractivity contribution in [3.63, 3.8) is 0 Å². The highest BCUT2D eigenvalue weighted by Crippen LogP contribution is 2.30. The SMILES string of the molecule is OC(c1ccccc1)c1ccc2c(c1)CCO2. The van der Waals surface area contributed by atoms with Crippen LogP contribution in [0.3, 0.4) is 0 Å². The van der Waals surface area contributed by atoms with Gasteiger partial charge in [0, 0.05) is 6.42 Å². The van der Waals surface area contributed by atoms with Crippen LogP contribution in [0.15, 0.2) is 48.5 Å². The molecule has 0 aromatic heterocycles. The second-order valence-corrected chi connectivity index (χ2v) is 4.28. The molecule has 0 bridgehead atoms. The van der Waals surface area contributed by atoms with E-state index in [9.17, 15) is 5.11 Å². The summed E-state index contributed by atoms with van der Waals surface area (Å²) in [7, 11) is 0. The number of ether oxygens (including phenoxy) is 1. The molecule has 2 nitrogen and oxygen atoms in total.